The van der Waals surface area contributed by atoms with Gasteiger partial charge in [-0.25, -0.2) is 0 Å². The highest BCUT2D eigenvalue weighted by Crippen LogP contribution is 2.37. The van der Waals surface area contributed by atoms with Crippen molar-refractivity contribution in [2.75, 3.05) is 25.7 Å². The molecule has 0 spiro atoms. The summed E-state index contributed by atoms with van der Waals surface area (Å²) in [7, 11) is 3.31. The van der Waals surface area contributed by atoms with Crippen LogP contribution in [0.15, 0.2) is 16.7 Å². The molecule has 0 aliphatic carbocycles. The third kappa shape index (κ3) is 4.31. The second-order valence-electron chi connectivity index (χ2n) is 4.72. The molecule has 1 aromatic carbocycles. The predicted octanol–water partition coefficient (Wildman–Crippen LogP) is 3.11. The Labute approximate surface area is 142 Å². The van der Waals surface area contributed by atoms with Crippen molar-refractivity contribution in [1.82, 2.24) is 10.1 Å². The molecule has 124 valence electrons. The smallest absolute Gasteiger partial charge is 0.272 e. The lowest BCUT2D eigenvalue weighted by atomic mass is 10.2. The molecule has 8 nitrogen and oxygen atoms in total. The lowest BCUT2D eigenvalue weighted by Crippen LogP contribution is -2.17. The zero-order chi connectivity index (χ0) is 17.0. The van der Waals surface area contributed by atoms with Gasteiger partial charge in [0.05, 0.1) is 33.8 Å². The fraction of sp³-hybridized carbons (Fsp3) is 0.385. The Hall–Kier alpha value is -1.90. The van der Waals surface area contributed by atoms with E-state index < -0.39 is 4.92 Å². The van der Waals surface area contributed by atoms with Gasteiger partial charge >= 0.3 is 0 Å². The lowest BCUT2D eigenvalue weighted by molar-refractivity contribution is -0.384. The molecule has 0 atom stereocenters. The Bertz CT molecular complexity index is 684. The highest BCUT2D eigenvalue weighted by atomic mass is 35.5. The van der Waals surface area contributed by atoms with Crippen molar-refractivity contribution in [3.05, 3.63) is 44.0 Å². The molecule has 2 rings (SSSR count). The van der Waals surface area contributed by atoms with E-state index in [1.165, 1.54) is 12.1 Å². The first-order valence-corrected chi connectivity index (χ1v) is 7.33. The molecule has 23 heavy (non-hydrogen) atoms. The summed E-state index contributed by atoms with van der Waals surface area (Å²) < 4.78 is 10.1. The quantitative estimate of drug-likeness (QED) is 0.552. The van der Waals surface area contributed by atoms with E-state index >= 15 is 0 Å². The molecule has 0 bridgehead atoms. The van der Waals surface area contributed by atoms with Crippen LogP contribution in [-0.4, -0.2) is 35.8 Å². The Kier molecular flexibility index (Phi) is 5.75. The summed E-state index contributed by atoms with van der Waals surface area (Å²) in [5, 5.41) is 15.0. The monoisotopic (exact) mass is 360 g/mol. The summed E-state index contributed by atoms with van der Waals surface area (Å²) in [6.45, 7) is 0.756. The van der Waals surface area contributed by atoms with E-state index in [4.69, 9.17) is 32.5 Å². The Morgan fingerprint density at radius 3 is 2.61 bits per heavy atom. The molecule has 0 aliphatic heterocycles. The zero-order valence-corrected chi connectivity index (χ0v) is 14.0. The molecule has 0 fully saturated rings. The second-order valence-corrected chi connectivity index (χ2v) is 5.53. The molecule has 0 saturated carbocycles. The molecule has 0 radical (unpaired) electrons. The maximum Gasteiger partial charge on any atom is 0.272 e. The van der Waals surface area contributed by atoms with Crippen LogP contribution in [0.25, 0.3) is 0 Å². The van der Waals surface area contributed by atoms with Gasteiger partial charge in [0, 0.05) is 32.7 Å². The van der Waals surface area contributed by atoms with Crippen molar-refractivity contribution >= 4 is 34.6 Å². The number of halogens is 2. The van der Waals surface area contributed by atoms with Crippen LogP contribution in [0.3, 0.4) is 0 Å². The average molecular weight is 361 g/mol. The van der Waals surface area contributed by atoms with Gasteiger partial charge in [-0.05, 0) is 0 Å². The molecule has 0 N–H and O–H groups in total. The number of hydrogen-bond acceptors (Lipinski definition) is 7. The van der Waals surface area contributed by atoms with Gasteiger partial charge < -0.3 is 14.2 Å². The van der Waals surface area contributed by atoms with E-state index in [1.54, 1.807) is 19.1 Å². The molecular weight excluding hydrogens is 347 g/mol. The third-order valence-corrected chi connectivity index (χ3v) is 3.58. The molecule has 0 unspecified atom stereocenters. The van der Waals surface area contributed by atoms with Gasteiger partial charge in [0.25, 0.3) is 5.69 Å². The standard InChI is InChI=1S/C13H14Cl2N4O4/c1-18(7-12-16-11(17-23-12)3-4-22-2)13-9(14)5-8(19(20)21)6-10(13)15/h5-6H,3-4,7H2,1-2H3. The molecule has 0 aliphatic rings. The van der Waals surface area contributed by atoms with Crippen LogP contribution >= 0.6 is 23.2 Å². The van der Waals surface area contributed by atoms with E-state index in [-0.39, 0.29) is 22.3 Å². The largest absolute Gasteiger partial charge is 0.384 e. The van der Waals surface area contributed by atoms with Crippen LogP contribution in [0.2, 0.25) is 10.0 Å². The summed E-state index contributed by atoms with van der Waals surface area (Å²) in [6.07, 6.45) is 0.544. The number of non-ortho nitro benzene ring substituents is 1. The van der Waals surface area contributed by atoms with E-state index in [0.29, 0.717) is 30.4 Å². The minimum Gasteiger partial charge on any atom is -0.384 e. The minimum atomic E-state index is -0.554. The number of methoxy groups -OCH3 is 1. The van der Waals surface area contributed by atoms with E-state index in [0.717, 1.165) is 0 Å². The SMILES string of the molecule is COCCc1noc(CN(C)c2c(Cl)cc([N+](=O)[O-])cc2Cl)n1. The minimum absolute atomic E-state index is 0.170. The van der Waals surface area contributed by atoms with E-state index in [1.807, 2.05) is 0 Å². The van der Waals surface area contributed by atoms with Gasteiger partial charge in [-0.2, -0.15) is 4.98 Å². The number of nitro benzene ring substituents is 1. The topological polar surface area (TPSA) is 94.5 Å². The average Bonchev–Trinajstić information content (AvgIpc) is 2.91. The van der Waals surface area contributed by atoms with Gasteiger partial charge in [-0.1, -0.05) is 28.4 Å². The highest BCUT2D eigenvalue weighted by molar-refractivity contribution is 6.39. The first kappa shape index (κ1) is 17.5. The predicted molar refractivity (Wildman–Crippen MR) is 85.1 cm³/mol. The number of benzene rings is 1. The number of nitro groups is 1. The van der Waals surface area contributed by atoms with Gasteiger partial charge in [-0.15, -0.1) is 0 Å². The summed E-state index contributed by atoms with van der Waals surface area (Å²) in [5.41, 5.74) is 0.285. The molecule has 10 heteroatoms. The van der Waals surface area contributed by atoms with Crippen molar-refractivity contribution in [3.63, 3.8) is 0 Å². The third-order valence-electron chi connectivity index (χ3n) is 3.01. The lowest BCUT2D eigenvalue weighted by Gasteiger charge is -2.19. The van der Waals surface area contributed by atoms with Crippen LogP contribution in [0, 0.1) is 10.1 Å². The van der Waals surface area contributed by atoms with Crippen molar-refractivity contribution in [3.8, 4) is 0 Å². The number of aromatic nitrogens is 2. The number of anilines is 1. The Morgan fingerprint density at radius 2 is 2.04 bits per heavy atom. The normalized spacial score (nSPS) is 10.8. The van der Waals surface area contributed by atoms with Crippen molar-refractivity contribution in [2.45, 2.75) is 13.0 Å². The van der Waals surface area contributed by atoms with Crippen molar-refractivity contribution in [1.29, 1.82) is 0 Å². The molecule has 1 aromatic heterocycles. The van der Waals surface area contributed by atoms with Crippen LogP contribution < -0.4 is 4.90 Å². The van der Waals surface area contributed by atoms with E-state index in [9.17, 15) is 10.1 Å². The summed E-state index contributed by atoms with van der Waals surface area (Å²) in [6, 6.07) is 2.49. The van der Waals surface area contributed by atoms with Crippen molar-refractivity contribution < 1.29 is 14.2 Å². The molecule has 2 aromatic rings. The number of ether oxygens (including phenoxy) is 1. The van der Waals surface area contributed by atoms with Crippen LogP contribution in [0.1, 0.15) is 11.7 Å². The fourth-order valence-electron chi connectivity index (χ4n) is 1.95. The Balaban J connectivity index is 2.16. The highest BCUT2D eigenvalue weighted by Gasteiger charge is 2.19. The molecular formula is C13H14Cl2N4O4. The fourth-order valence-corrected chi connectivity index (χ4v) is 2.72. The van der Waals surface area contributed by atoms with E-state index in [2.05, 4.69) is 10.1 Å². The second kappa shape index (κ2) is 7.58. The van der Waals surface area contributed by atoms with Gasteiger partial charge in [-0.3, -0.25) is 10.1 Å². The van der Waals surface area contributed by atoms with Gasteiger partial charge in [0.2, 0.25) is 5.89 Å². The first-order chi connectivity index (χ1) is 10.9. The van der Waals surface area contributed by atoms with Crippen LogP contribution in [0.4, 0.5) is 11.4 Å². The summed E-state index contributed by atoms with van der Waals surface area (Å²) >= 11 is 12.2. The first-order valence-electron chi connectivity index (χ1n) is 6.57. The van der Waals surface area contributed by atoms with Crippen molar-refractivity contribution in [2.24, 2.45) is 0 Å². The van der Waals surface area contributed by atoms with Crippen LogP contribution in [-0.2, 0) is 17.7 Å². The zero-order valence-electron chi connectivity index (χ0n) is 12.5. The molecule has 1 heterocycles. The maximum atomic E-state index is 10.8. The molecule has 0 amide bonds. The summed E-state index contributed by atoms with van der Waals surface area (Å²) in [4.78, 5) is 16.2. The summed E-state index contributed by atoms with van der Waals surface area (Å²) in [5.74, 6) is 0.917. The maximum absolute atomic E-state index is 10.8. The number of nitrogens with zero attached hydrogens (tertiary/aromatic N) is 4. The number of rotatable bonds is 7. The van der Waals surface area contributed by atoms with Gasteiger partial charge in [0.1, 0.15) is 0 Å². The van der Waals surface area contributed by atoms with Gasteiger partial charge in [0.15, 0.2) is 5.82 Å². The molecule has 0 saturated heterocycles. The van der Waals surface area contributed by atoms with Crippen LogP contribution in [0.5, 0.6) is 0 Å². The number of hydrogen-bond donors (Lipinski definition) is 0. The Morgan fingerprint density at radius 1 is 1.39 bits per heavy atom.